The zero-order valence-corrected chi connectivity index (χ0v) is 14.9. The molecule has 2 aromatic carbocycles. The second-order valence-corrected chi connectivity index (χ2v) is 6.48. The molecule has 3 heterocycles. The van der Waals surface area contributed by atoms with E-state index in [4.69, 9.17) is 9.47 Å². The SMILES string of the molecule is O=CC(=O)c1[nH]cc(C2=COc3ccccc3O2)c1-c1c[nH]c2cc(F)ccc12. The molecule has 142 valence electrons. The molecule has 0 saturated heterocycles. The Kier molecular flexibility index (Phi) is 3.80. The Labute approximate surface area is 163 Å². The van der Waals surface area contributed by atoms with E-state index < -0.39 is 5.78 Å². The number of aromatic nitrogens is 2. The van der Waals surface area contributed by atoms with E-state index in [1.54, 1.807) is 30.6 Å². The lowest BCUT2D eigenvalue weighted by atomic mass is 9.98. The van der Waals surface area contributed by atoms with E-state index in [0.29, 0.717) is 44.9 Å². The molecule has 0 fully saturated rings. The normalized spacial score (nSPS) is 12.7. The van der Waals surface area contributed by atoms with Crippen molar-refractivity contribution in [2.75, 3.05) is 0 Å². The minimum absolute atomic E-state index is 0.114. The molecule has 0 radical (unpaired) electrons. The van der Waals surface area contributed by atoms with Crippen LogP contribution in [0.4, 0.5) is 4.39 Å². The molecule has 0 aliphatic carbocycles. The Hall–Kier alpha value is -4.13. The average Bonchev–Trinajstić information content (AvgIpc) is 3.36. The summed E-state index contributed by atoms with van der Waals surface area (Å²) in [4.78, 5) is 29.3. The van der Waals surface area contributed by atoms with Gasteiger partial charge in [0.1, 0.15) is 12.1 Å². The number of carbonyl (C=O) groups is 2. The lowest BCUT2D eigenvalue weighted by Gasteiger charge is -2.18. The first-order valence-corrected chi connectivity index (χ1v) is 8.77. The summed E-state index contributed by atoms with van der Waals surface area (Å²) in [6.07, 6.45) is 4.93. The third-order valence-electron chi connectivity index (χ3n) is 4.77. The third-order valence-corrected chi connectivity index (χ3v) is 4.77. The van der Waals surface area contributed by atoms with Gasteiger partial charge in [-0.1, -0.05) is 12.1 Å². The van der Waals surface area contributed by atoms with Gasteiger partial charge in [-0.3, -0.25) is 9.59 Å². The van der Waals surface area contributed by atoms with Crippen molar-refractivity contribution >= 4 is 28.7 Å². The number of carbonyl (C=O) groups excluding carboxylic acids is 2. The van der Waals surface area contributed by atoms with Gasteiger partial charge >= 0.3 is 0 Å². The number of aldehydes is 1. The van der Waals surface area contributed by atoms with Crippen molar-refractivity contribution in [3.63, 3.8) is 0 Å². The predicted molar refractivity (Wildman–Crippen MR) is 104 cm³/mol. The van der Waals surface area contributed by atoms with Crippen LogP contribution in [-0.4, -0.2) is 22.0 Å². The Bertz CT molecular complexity index is 1320. The van der Waals surface area contributed by atoms with Crippen LogP contribution < -0.4 is 9.47 Å². The van der Waals surface area contributed by atoms with E-state index in [2.05, 4.69) is 9.97 Å². The molecule has 7 heteroatoms. The molecule has 29 heavy (non-hydrogen) atoms. The first-order chi connectivity index (χ1) is 14.2. The van der Waals surface area contributed by atoms with Gasteiger partial charge in [0.2, 0.25) is 5.78 Å². The molecule has 1 aliphatic heterocycles. The topological polar surface area (TPSA) is 84.2 Å². The van der Waals surface area contributed by atoms with E-state index in [1.165, 1.54) is 18.4 Å². The van der Waals surface area contributed by atoms with Gasteiger partial charge in [0, 0.05) is 40.0 Å². The number of hydrogen-bond donors (Lipinski definition) is 2. The predicted octanol–water partition coefficient (Wildman–Crippen LogP) is 4.45. The van der Waals surface area contributed by atoms with Crippen LogP contribution in [0, 0.1) is 5.82 Å². The number of aromatic amines is 2. The summed E-state index contributed by atoms with van der Waals surface area (Å²) < 4.78 is 25.2. The van der Waals surface area contributed by atoms with Crippen molar-refractivity contribution in [2.24, 2.45) is 0 Å². The van der Waals surface area contributed by atoms with E-state index in [-0.39, 0.29) is 17.8 Å². The van der Waals surface area contributed by atoms with Crippen LogP contribution in [0.15, 0.2) is 61.1 Å². The van der Waals surface area contributed by atoms with Gasteiger partial charge < -0.3 is 19.4 Å². The highest BCUT2D eigenvalue weighted by Crippen LogP contribution is 2.41. The molecule has 0 atom stereocenters. The van der Waals surface area contributed by atoms with E-state index in [1.807, 2.05) is 12.1 Å². The van der Waals surface area contributed by atoms with Gasteiger partial charge in [0.15, 0.2) is 23.5 Å². The van der Waals surface area contributed by atoms with Crippen LogP contribution in [0.1, 0.15) is 16.1 Å². The summed E-state index contributed by atoms with van der Waals surface area (Å²) in [7, 11) is 0. The lowest BCUT2D eigenvalue weighted by Crippen LogP contribution is -2.06. The zero-order chi connectivity index (χ0) is 20.0. The zero-order valence-electron chi connectivity index (χ0n) is 14.9. The molecule has 2 aromatic heterocycles. The monoisotopic (exact) mass is 388 g/mol. The Morgan fingerprint density at radius 1 is 1.00 bits per heavy atom. The van der Waals surface area contributed by atoms with Crippen molar-refractivity contribution in [3.8, 4) is 22.6 Å². The number of benzene rings is 2. The summed E-state index contributed by atoms with van der Waals surface area (Å²) in [5.41, 5.74) is 2.31. The Morgan fingerprint density at radius 3 is 2.62 bits per heavy atom. The highest BCUT2D eigenvalue weighted by atomic mass is 19.1. The van der Waals surface area contributed by atoms with E-state index in [0.717, 1.165) is 0 Å². The molecule has 2 N–H and O–H groups in total. The van der Waals surface area contributed by atoms with Gasteiger partial charge in [-0.15, -0.1) is 0 Å². The van der Waals surface area contributed by atoms with Crippen LogP contribution in [0.5, 0.6) is 11.5 Å². The number of para-hydroxylation sites is 2. The van der Waals surface area contributed by atoms with Gasteiger partial charge in [0.05, 0.1) is 5.69 Å². The van der Waals surface area contributed by atoms with Gasteiger partial charge in [0.25, 0.3) is 0 Å². The summed E-state index contributed by atoms with van der Waals surface area (Å²) in [5.74, 6) is 0.381. The molecule has 0 spiro atoms. The van der Waals surface area contributed by atoms with Crippen LogP contribution in [-0.2, 0) is 4.79 Å². The number of Topliss-reactive ketones (excluding diaryl/α,β-unsaturated/α-hetero) is 1. The molecule has 1 aliphatic rings. The molecule has 4 aromatic rings. The van der Waals surface area contributed by atoms with E-state index >= 15 is 0 Å². The summed E-state index contributed by atoms with van der Waals surface area (Å²) in [6, 6.07) is 11.5. The second-order valence-electron chi connectivity index (χ2n) is 6.48. The number of fused-ring (bicyclic) bond motifs is 2. The molecule has 0 unspecified atom stereocenters. The quantitative estimate of drug-likeness (QED) is 0.307. The smallest absolute Gasteiger partial charge is 0.242 e. The second kappa shape index (κ2) is 6.49. The lowest BCUT2D eigenvalue weighted by molar-refractivity contribution is -0.104. The first kappa shape index (κ1) is 17.0. The molecular formula is C22H13FN2O4. The van der Waals surface area contributed by atoms with E-state index in [9.17, 15) is 14.0 Å². The van der Waals surface area contributed by atoms with Crippen molar-refractivity contribution in [1.29, 1.82) is 0 Å². The van der Waals surface area contributed by atoms with Crippen molar-refractivity contribution in [1.82, 2.24) is 9.97 Å². The standard InChI is InChI=1S/C22H13FN2O4/c23-12-5-6-13-14(8-24-16(13)7-12)21-15(9-25-22(21)17(27)10-26)20-11-28-18-3-1-2-4-19(18)29-20/h1-11,24-25H. The molecule has 5 rings (SSSR count). The van der Waals surface area contributed by atoms with Crippen LogP contribution in [0.25, 0.3) is 27.8 Å². The Balaban J connectivity index is 1.70. The number of rotatable bonds is 4. The minimum Gasteiger partial charge on any atom is -0.457 e. The average molecular weight is 388 g/mol. The summed E-state index contributed by atoms with van der Waals surface area (Å²) in [5, 5.41) is 0.699. The number of H-pyrrole nitrogens is 2. The highest BCUT2D eigenvalue weighted by molar-refractivity contribution is 6.34. The largest absolute Gasteiger partial charge is 0.457 e. The van der Waals surface area contributed by atoms with Gasteiger partial charge in [-0.25, -0.2) is 4.39 Å². The fourth-order valence-electron chi connectivity index (χ4n) is 3.47. The fraction of sp³-hybridized carbons (Fsp3) is 0. The van der Waals surface area contributed by atoms with Gasteiger partial charge in [-0.05, 0) is 30.3 Å². The number of halogens is 1. The van der Waals surface area contributed by atoms with Crippen LogP contribution in [0.3, 0.4) is 0 Å². The Morgan fingerprint density at radius 2 is 1.79 bits per heavy atom. The van der Waals surface area contributed by atoms with Crippen molar-refractivity contribution < 1.29 is 23.5 Å². The first-order valence-electron chi connectivity index (χ1n) is 8.77. The molecule has 6 nitrogen and oxygen atoms in total. The number of nitrogens with one attached hydrogen (secondary N) is 2. The number of hydrogen-bond acceptors (Lipinski definition) is 4. The highest BCUT2D eigenvalue weighted by Gasteiger charge is 2.26. The number of ether oxygens (including phenoxy) is 2. The number of ketones is 1. The summed E-state index contributed by atoms with van der Waals surface area (Å²) >= 11 is 0. The molecular weight excluding hydrogens is 375 g/mol. The maximum atomic E-state index is 13.6. The summed E-state index contributed by atoms with van der Waals surface area (Å²) in [6.45, 7) is 0. The van der Waals surface area contributed by atoms with Gasteiger partial charge in [-0.2, -0.15) is 0 Å². The maximum absolute atomic E-state index is 13.6. The fourth-order valence-corrected chi connectivity index (χ4v) is 3.47. The van der Waals surface area contributed by atoms with Crippen LogP contribution in [0.2, 0.25) is 0 Å². The third kappa shape index (κ3) is 2.71. The molecule has 0 amide bonds. The van der Waals surface area contributed by atoms with Crippen molar-refractivity contribution in [2.45, 2.75) is 0 Å². The molecule has 0 saturated carbocycles. The van der Waals surface area contributed by atoms with Crippen molar-refractivity contribution in [3.05, 3.63) is 78.2 Å². The van der Waals surface area contributed by atoms with Crippen LogP contribution >= 0.6 is 0 Å². The minimum atomic E-state index is -0.708. The maximum Gasteiger partial charge on any atom is 0.242 e. The molecule has 0 bridgehead atoms.